The fourth-order valence-electron chi connectivity index (χ4n) is 1.83. The molecule has 1 unspecified atom stereocenters. The van der Waals surface area contributed by atoms with Crippen LogP contribution < -0.4 is 5.32 Å². The molecule has 3 heteroatoms. The average Bonchev–Trinajstić information content (AvgIpc) is 2.37. The molecule has 0 bridgehead atoms. The number of hydrogen-bond donors (Lipinski definition) is 1. The van der Waals surface area contributed by atoms with E-state index in [0.717, 1.165) is 12.1 Å². The van der Waals surface area contributed by atoms with Gasteiger partial charge in [0, 0.05) is 22.6 Å². The Kier molecular flexibility index (Phi) is 4.65. The summed E-state index contributed by atoms with van der Waals surface area (Å²) in [6.07, 6.45) is 0. The molecule has 0 amide bonds. The van der Waals surface area contributed by atoms with Crippen molar-refractivity contribution in [3.8, 4) is 0 Å². The van der Waals surface area contributed by atoms with Crippen LogP contribution in [0.25, 0.3) is 0 Å². The van der Waals surface area contributed by atoms with Gasteiger partial charge in [-0.25, -0.2) is 0 Å². The van der Waals surface area contributed by atoms with E-state index < -0.39 is 0 Å². The molecule has 18 heavy (non-hydrogen) atoms. The van der Waals surface area contributed by atoms with Crippen LogP contribution in [0.2, 0.25) is 10.0 Å². The maximum Gasteiger partial charge on any atom is 0.0468 e. The first-order chi connectivity index (χ1) is 8.66. The molecule has 0 aliphatic carbocycles. The Morgan fingerprint density at radius 2 is 1.78 bits per heavy atom. The summed E-state index contributed by atoms with van der Waals surface area (Å²) in [5.74, 6) is 0. The van der Waals surface area contributed by atoms with Gasteiger partial charge in [-0.1, -0.05) is 59.6 Å². The Labute approximate surface area is 118 Å². The molecule has 0 aliphatic heterocycles. The van der Waals surface area contributed by atoms with Gasteiger partial charge in [0.15, 0.2) is 0 Å². The molecule has 0 fully saturated rings. The van der Waals surface area contributed by atoms with Gasteiger partial charge in [-0.15, -0.1) is 0 Å². The maximum absolute atomic E-state index is 6.18. The molecule has 0 aliphatic rings. The van der Waals surface area contributed by atoms with Gasteiger partial charge >= 0.3 is 0 Å². The second-order valence-electron chi connectivity index (χ2n) is 4.25. The fraction of sp³-hybridized carbons (Fsp3) is 0.200. The summed E-state index contributed by atoms with van der Waals surface area (Å²) in [6.45, 7) is 2.92. The molecule has 0 spiro atoms. The van der Waals surface area contributed by atoms with Gasteiger partial charge in [0.1, 0.15) is 0 Å². The first-order valence-corrected chi connectivity index (χ1v) is 6.64. The van der Waals surface area contributed by atoms with E-state index in [1.165, 1.54) is 5.56 Å². The van der Waals surface area contributed by atoms with Crippen LogP contribution >= 0.6 is 23.2 Å². The highest BCUT2D eigenvalue weighted by molar-refractivity contribution is 6.35. The monoisotopic (exact) mass is 279 g/mol. The van der Waals surface area contributed by atoms with Gasteiger partial charge in [-0.3, -0.25) is 0 Å². The molecule has 2 aromatic rings. The zero-order valence-electron chi connectivity index (χ0n) is 10.2. The van der Waals surface area contributed by atoms with Crippen LogP contribution in [0.1, 0.15) is 24.1 Å². The highest BCUT2D eigenvalue weighted by Gasteiger charge is 2.09. The van der Waals surface area contributed by atoms with E-state index in [9.17, 15) is 0 Å². The van der Waals surface area contributed by atoms with Crippen molar-refractivity contribution < 1.29 is 0 Å². The summed E-state index contributed by atoms with van der Waals surface area (Å²) >= 11 is 12.1. The Morgan fingerprint density at radius 1 is 1.06 bits per heavy atom. The number of rotatable bonds is 4. The van der Waals surface area contributed by atoms with Gasteiger partial charge in [-0.05, 0) is 30.2 Å². The van der Waals surface area contributed by atoms with E-state index in [1.54, 1.807) is 6.07 Å². The third-order valence-electron chi connectivity index (χ3n) is 2.88. The topological polar surface area (TPSA) is 12.0 Å². The summed E-state index contributed by atoms with van der Waals surface area (Å²) in [5.41, 5.74) is 2.33. The van der Waals surface area contributed by atoms with Crippen molar-refractivity contribution in [3.05, 3.63) is 69.7 Å². The summed E-state index contributed by atoms with van der Waals surface area (Å²) in [6, 6.07) is 16.1. The fourth-order valence-corrected chi connectivity index (χ4v) is 2.40. The van der Waals surface area contributed by atoms with Crippen LogP contribution in [0, 0.1) is 0 Å². The largest absolute Gasteiger partial charge is 0.306 e. The van der Waals surface area contributed by atoms with Crippen LogP contribution in [-0.2, 0) is 6.54 Å². The summed E-state index contributed by atoms with van der Waals surface area (Å²) in [4.78, 5) is 0. The van der Waals surface area contributed by atoms with E-state index in [1.807, 2.05) is 30.3 Å². The third kappa shape index (κ3) is 3.49. The molecule has 0 radical (unpaired) electrons. The van der Waals surface area contributed by atoms with Crippen molar-refractivity contribution in [1.29, 1.82) is 0 Å². The molecule has 0 aromatic heterocycles. The van der Waals surface area contributed by atoms with Gasteiger partial charge in [-0.2, -0.15) is 0 Å². The number of hydrogen-bond acceptors (Lipinski definition) is 1. The van der Waals surface area contributed by atoms with E-state index in [-0.39, 0.29) is 6.04 Å². The Balaban J connectivity index is 2.01. The number of halogens is 2. The van der Waals surface area contributed by atoms with E-state index in [0.29, 0.717) is 10.0 Å². The Morgan fingerprint density at radius 3 is 2.44 bits per heavy atom. The normalized spacial score (nSPS) is 12.4. The molecular formula is C15H15Cl2N. The standard InChI is InChI=1S/C15H15Cl2N/c1-11(14-8-7-13(16)9-15(14)17)18-10-12-5-3-2-4-6-12/h2-9,11,18H,10H2,1H3. The summed E-state index contributed by atoms with van der Waals surface area (Å²) in [5, 5.41) is 4.82. The van der Waals surface area contributed by atoms with Crippen molar-refractivity contribution in [1.82, 2.24) is 5.32 Å². The van der Waals surface area contributed by atoms with E-state index in [4.69, 9.17) is 23.2 Å². The molecule has 1 nitrogen and oxygen atoms in total. The molecular weight excluding hydrogens is 265 g/mol. The van der Waals surface area contributed by atoms with Gasteiger partial charge in [0.05, 0.1) is 0 Å². The lowest BCUT2D eigenvalue weighted by Gasteiger charge is -2.16. The quantitative estimate of drug-likeness (QED) is 0.844. The van der Waals surface area contributed by atoms with Crippen LogP contribution in [0.15, 0.2) is 48.5 Å². The van der Waals surface area contributed by atoms with Crippen LogP contribution in [-0.4, -0.2) is 0 Å². The number of nitrogens with one attached hydrogen (secondary N) is 1. The first kappa shape index (κ1) is 13.4. The van der Waals surface area contributed by atoms with Crippen molar-refractivity contribution in [2.24, 2.45) is 0 Å². The minimum Gasteiger partial charge on any atom is -0.306 e. The van der Waals surface area contributed by atoms with E-state index in [2.05, 4.69) is 24.4 Å². The van der Waals surface area contributed by atoms with Crippen LogP contribution in [0.5, 0.6) is 0 Å². The highest BCUT2D eigenvalue weighted by atomic mass is 35.5. The molecule has 1 atom stereocenters. The molecule has 0 saturated heterocycles. The summed E-state index contributed by atoms with van der Waals surface area (Å²) in [7, 11) is 0. The second-order valence-corrected chi connectivity index (χ2v) is 5.10. The Hall–Kier alpha value is -1.02. The van der Waals surface area contributed by atoms with Crippen molar-refractivity contribution in [2.45, 2.75) is 19.5 Å². The van der Waals surface area contributed by atoms with Gasteiger partial charge < -0.3 is 5.32 Å². The lowest BCUT2D eigenvalue weighted by atomic mass is 10.1. The molecule has 2 aromatic carbocycles. The zero-order chi connectivity index (χ0) is 13.0. The predicted molar refractivity (Wildman–Crippen MR) is 78.2 cm³/mol. The smallest absolute Gasteiger partial charge is 0.0468 e. The molecule has 0 heterocycles. The van der Waals surface area contributed by atoms with Gasteiger partial charge in [0.2, 0.25) is 0 Å². The van der Waals surface area contributed by atoms with Gasteiger partial charge in [0.25, 0.3) is 0 Å². The SMILES string of the molecule is CC(NCc1ccccc1)c1ccc(Cl)cc1Cl. The number of benzene rings is 2. The predicted octanol–water partition coefficient (Wildman–Crippen LogP) is 4.84. The second kappa shape index (κ2) is 6.24. The van der Waals surface area contributed by atoms with E-state index >= 15 is 0 Å². The van der Waals surface area contributed by atoms with Crippen LogP contribution in [0.4, 0.5) is 0 Å². The zero-order valence-corrected chi connectivity index (χ0v) is 11.7. The highest BCUT2D eigenvalue weighted by Crippen LogP contribution is 2.26. The lowest BCUT2D eigenvalue weighted by Crippen LogP contribution is -2.18. The minimum atomic E-state index is 0.190. The average molecular weight is 280 g/mol. The van der Waals surface area contributed by atoms with Crippen molar-refractivity contribution in [3.63, 3.8) is 0 Å². The van der Waals surface area contributed by atoms with Crippen LogP contribution in [0.3, 0.4) is 0 Å². The van der Waals surface area contributed by atoms with Crippen molar-refractivity contribution in [2.75, 3.05) is 0 Å². The lowest BCUT2D eigenvalue weighted by molar-refractivity contribution is 0.575. The Bertz CT molecular complexity index is 511. The summed E-state index contributed by atoms with van der Waals surface area (Å²) < 4.78 is 0. The minimum absolute atomic E-state index is 0.190. The first-order valence-electron chi connectivity index (χ1n) is 5.89. The maximum atomic E-state index is 6.18. The molecule has 94 valence electrons. The third-order valence-corrected chi connectivity index (χ3v) is 3.45. The molecule has 1 N–H and O–H groups in total. The van der Waals surface area contributed by atoms with Crippen molar-refractivity contribution >= 4 is 23.2 Å². The molecule has 0 saturated carbocycles. The molecule has 2 rings (SSSR count).